The molecule has 0 fully saturated rings. The number of amides is 1. The summed E-state index contributed by atoms with van der Waals surface area (Å²) in [4.78, 5) is 18.5. The Morgan fingerprint density at radius 2 is 1.86 bits per heavy atom. The van der Waals surface area contributed by atoms with Crippen LogP contribution in [0.3, 0.4) is 0 Å². The van der Waals surface area contributed by atoms with Crippen molar-refractivity contribution in [2.45, 2.75) is 17.9 Å². The van der Waals surface area contributed by atoms with Gasteiger partial charge in [0.2, 0.25) is 20.8 Å². The maximum absolute atomic E-state index is 12.7. The van der Waals surface area contributed by atoms with Crippen molar-refractivity contribution in [3.8, 4) is 11.3 Å². The monoisotopic (exact) mass is 496 g/mol. The van der Waals surface area contributed by atoms with Crippen molar-refractivity contribution >= 4 is 21.6 Å². The third-order valence-corrected chi connectivity index (χ3v) is 7.11. The summed E-state index contributed by atoms with van der Waals surface area (Å²) < 4.78 is 30.1. The smallest absolute Gasteiger partial charge is 0.228 e. The van der Waals surface area contributed by atoms with Crippen molar-refractivity contribution in [2.24, 2.45) is 4.99 Å². The molecule has 2 N–H and O–H groups in total. The molecule has 1 aromatic heterocycles. The van der Waals surface area contributed by atoms with Gasteiger partial charge in [0.25, 0.3) is 0 Å². The molecule has 1 aliphatic heterocycles. The molecule has 2 aromatic carbocycles. The summed E-state index contributed by atoms with van der Waals surface area (Å²) >= 11 is 0. The van der Waals surface area contributed by atoms with Crippen LogP contribution in [0.4, 0.5) is 0 Å². The van der Waals surface area contributed by atoms with Crippen LogP contribution in [0.5, 0.6) is 0 Å². The first-order valence-electron chi connectivity index (χ1n) is 11.4. The number of carbonyl (C=O) groups excluding carboxylic acids is 1. The number of hydrogen-bond acceptors (Lipinski definition) is 9. The Hall–Kier alpha value is -3.57. The first-order valence-corrected chi connectivity index (χ1v) is 13.0. The van der Waals surface area contributed by atoms with Crippen LogP contribution in [0.1, 0.15) is 17.5 Å². The number of aliphatic imine (C=N–C) groups is 1. The largest absolute Gasteiger partial charge is 0.368 e. The van der Waals surface area contributed by atoms with Crippen molar-refractivity contribution in [3.63, 3.8) is 0 Å². The minimum Gasteiger partial charge on any atom is -0.368 e. The minimum absolute atomic E-state index is 0.0656. The van der Waals surface area contributed by atoms with Crippen LogP contribution in [-0.4, -0.2) is 74.5 Å². The van der Waals surface area contributed by atoms with Gasteiger partial charge in [-0.25, -0.2) is 13.0 Å². The van der Waals surface area contributed by atoms with E-state index in [4.69, 9.17) is 0 Å². The van der Waals surface area contributed by atoms with Gasteiger partial charge in [-0.2, -0.15) is 0 Å². The number of aromatic nitrogens is 2. The second-order valence-corrected chi connectivity index (χ2v) is 10.1. The van der Waals surface area contributed by atoms with Crippen molar-refractivity contribution in [3.05, 3.63) is 65.7 Å². The van der Waals surface area contributed by atoms with E-state index in [0.29, 0.717) is 12.1 Å². The van der Waals surface area contributed by atoms with Gasteiger partial charge in [0, 0.05) is 44.2 Å². The van der Waals surface area contributed by atoms with Gasteiger partial charge in [0.15, 0.2) is 5.69 Å². The first kappa shape index (κ1) is 24.6. The summed E-state index contributed by atoms with van der Waals surface area (Å²) in [7, 11) is -2.04. The SMILES string of the molecule is CN(CCc1ccc(C2=NCCN2)cc1)C(=O)CCNCS(=O)(=O)c1nonc1-c1ccccc1. The summed E-state index contributed by atoms with van der Waals surface area (Å²) in [5.74, 6) is 0.489. The van der Waals surface area contributed by atoms with E-state index in [1.807, 2.05) is 30.3 Å². The van der Waals surface area contributed by atoms with Gasteiger partial charge >= 0.3 is 0 Å². The predicted molar refractivity (Wildman–Crippen MR) is 132 cm³/mol. The van der Waals surface area contributed by atoms with Gasteiger partial charge in [0.1, 0.15) is 11.7 Å². The van der Waals surface area contributed by atoms with Gasteiger partial charge in [-0.05, 0) is 22.3 Å². The molecule has 2 heterocycles. The van der Waals surface area contributed by atoms with E-state index >= 15 is 0 Å². The topological polar surface area (TPSA) is 130 Å². The molecule has 0 spiro atoms. The predicted octanol–water partition coefficient (Wildman–Crippen LogP) is 1.50. The molecule has 35 heavy (non-hydrogen) atoms. The molecule has 0 aliphatic carbocycles. The molecule has 10 nitrogen and oxygen atoms in total. The summed E-state index contributed by atoms with van der Waals surface area (Å²) in [5, 5.41) is 13.2. The maximum Gasteiger partial charge on any atom is 0.228 e. The lowest BCUT2D eigenvalue weighted by atomic mass is 10.1. The Morgan fingerprint density at radius 1 is 1.09 bits per heavy atom. The Bertz CT molecular complexity index is 1270. The molecule has 1 aliphatic rings. The summed E-state index contributed by atoms with van der Waals surface area (Å²) in [6.45, 7) is 2.47. The highest BCUT2D eigenvalue weighted by atomic mass is 32.2. The van der Waals surface area contributed by atoms with Crippen molar-refractivity contribution in [1.82, 2.24) is 25.8 Å². The molecule has 0 unspecified atom stereocenters. The van der Waals surface area contributed by atoms with E-state index in [-0.39, 0.29) is 35.5 Å². The Balaban J connectivity index is 1.21. The lowest BCUT2D eigenvalue weighted by Gasteiger charge is -2.17. The molecule has 4 rings (SSSR count). The number of hydrogen-bond donors (Lipinski definition) is 2. The first-order chi connectivity index (χ1) is 16.9. The van der Waals surface area contributed by atoms with Crippen LogP contribution in [0.15, 0.2) is 69.2 Å². The second-order valence-electron chi connectivity index (χ2n) is 8.21. The minimum atomic E-state index is -3.79. The van der Waals surface area contributed by atoms with Crippen LogP contribution in [0.25, 0.3) is 11.3 Å². The Kier molecular flexibility index (Phi) is 7.88. The maximum atomic E-state index is 12.7. The number of sulfone groups is 1. The number of carbonyl (C=O) groups is 1. The normalized spacial score (nSPS) is 13.3. The molecule has 11 heteroatoms. The lowest BCUT2D eigenvalue weighted by molar-refractivity contribution is -0.129. The van der Waals surface area contributed by atoms with Gasteiger partial charge < -0.3 is 15.5 Å². The number of benzene rings is 2. The molecular weight excluding hydrogens is 468 g/mol. The van der Waals surface area contributed by atoms with E-state index < -0.39 is 9.84 Å². The quantitative estimate of drug-likeness (QED) is 0.382. The lowest BCUT2D eigenvalue weighted by Crippen LogP contribution is -2.33. The fraction of sp³-hybridized carbons (Fsp3) is 0.333. The van der Waals surface area contributed by atoms with Crippen LogP contribution in [0, 0.1) is 0 Å². The van der Waals surface area contributed by atoms with E-state index in [0.717, 1.165) is 36.5 Å². The molecule has 1 amide bonds. The molecule has 0 saturated carbocycles. The molecule has 0 bridgehead atoms. The van der Waals surface area contributed by atoms with Gasteiger partial charge in [-0.1, -0.05) is 54.6 Å². The van der Waals surface area contributed by atoms with Crippen LogP contribution in [-0.2, 0) is 21.1 Å². The highest BCUT2D eigenvalue weighted by molar-refractivity contribution is 7.91. The zero-order valence-electron chi connectivity index (χ0n) is 19.5. The van der Waals surface area contributed by atoms with Gasteiger partial charge in [-0.3, -0.25) is 9.79 Å². The van der Waals surface area contributed by atoms with Crippen LogP contribution >= 0.6 is 0 Å². The third-order valence-electron chi connectivity index (χ3n) is 5.67. The second kappa shape index (κ2) is 11.2. The molecule has 0 atom stereocenters. The average molecular weight is 497 g/mol. The van der Waals surface area contributed by atoms with Crippen LogP contribution in [0.2, 0.25) is 0 Å². The number of nitrogens with one attached hydrogen (secondary N) is 2. The average Bonchev–Trinajstić information content (AvgIpc) is 3.59. The van der Waals surface area contributed by atoms with Crippen molar-refractivity contribution < 1.29 is 17.8 Å². The molecule has 184 valence electrons. The summed E-state index contributed by atoms with van der Waals surface area (Å²) in [5.41, 5.74) is 2.96. The number of amidine groups is 1. The van der Waals surface area contributed by atoms with E-state index in [1.165, 1.54) is 0 Å². The number of likely N-dealkylation sites (N-methyl/N-ethyl adjacent to an activating group) is 1. The number of rotatable bonds is 11. The molecule has 3 aromatic rings. The van der Waals surface area contributed by atoms with Gasteiger partial charge in [0.05, 0.1) is 6.54 Å². The summed E-state index contributed by atoms with van der Waals surface area (Å²) in [6, 6.07) is 17.0. The third kappa shape index (κ3) is 6.31. The van der Waals surface area contributed by atoms with Crippen LogP contribution < -0.4 is 10.6 Å². The Morgan fingerprint density at radius 3 is 2.57 bits per heavy atom. The molecular formula is C24H28N6O4S. The Labute approximate surface area is 204 Å². The zero-order valence-corrected chi connectivity index (χ0v) is 20.3. The molecule has 0 saturated heterocycles. The summed E-state index contributed by atoms with van der Waals surface area (Å²) in [6.07, 6.45) is 0.907. The fourth-order valence-corrected chi connectivity index (χ4v) is 4.81. The molecule has 0 radical (unpaired) electrons. The van der Waals surface area contributed by atoms with E-state index in [2.05, 4.69) is 30.6 Å². The van der Waals surface area contributed by atoms with E-state index in [9.17, 15) is 13.2 Å². The van der Waals surface area contributed by atoms with Crippen molar-refractivity contribution in [1.29, 1.82) is 0 Å². The number of nitrogens with zero attached hydrogens (tertiary/aromatic N) is 4. The zero-order chi connectivity index (χ0) is 24.7. The van der Waals surface area contributed by atoms with Crippen molar-refractivity contribution in [2.75, 3.05) is 39.1 Å². The van der Waals surface area contributed by atoms with E-state index in [1.54, 1.807) is 36.2 Å². The highest BCUT2D eigenvalue weighted by Crippen LogP contribution is 2.24. The highest BCUT2D eigenvalue weighted by Gasteiger charge is 2.25. The van der Waals surface area contributed by atoms with Gasteiger partial charge in [-0.15, -0.1) is 0 Å². The fourth-order valence-electron chi connectivity index (χ4n) is 3.66. The standard InChI is InChI=1S/C24H28N6O4S/c1-30(16-12-18-7-9-20(10-8-18)23-26-14-15-27-23)21(31)11-13-25-17-35(32,33)24-22(28-34-29-24)19-5-3-2-4-6-19/h2-10,25H,11-17H2,1H3,(H,26,27).